The van der Waals surface area contributed by atoms with E-state index < -0.39 is 0 Å². The number of halogens is 1. The minimum atomic E-state index is -0.0760. The number of aromatic nitrogens is 5. The van der Waals surface area contributed by atoms with E-state index in [0.29, 0.717) is 28.1 Å². The van der Waals surface area contributed by atoms with Crippen molar-refractivity contribution in [3.8, 4) is 11.1 Å². The van der Waals surface area contributed by atoms with Gasteiger partial charge in [-0.2, -0.15) is 10.1 Å². The van der Waals surface area contributed by atoms with Gasteiger partial charge >= 0.3 is 0 Å². The van der Waals surface area contributed by atoms with Gasteiger partial charge in [-0.3, -0.25) is 14.0 Å². The van der Waals surface area contributed by atoms with Crippen molar-refractivity contribution in [2.45, 2.75) is 43.8 Å². The van der Waals surface area contributed by atoms with Gasteiger partial charge < -0.3 is 15.6 Å². The SMILES string of the molecule is Cn1cc2c(Cl)c(-c3c[nH]c4nc(N5C6CCC5CC(N)C6)n(C)c(=O)c34)ccc2n1. The Hall–Kier alpha value is -2.84. The number of anilines is 1. The smallest absolute Gasteiger partial charge is 0.264 e. The summed E-state index contributed by atoms with van der Waals surface area (Å²) >= 11 is 6.74. The molecular weight excluding hydrogens is 414 g/mol. The van der Waals surface area contributed by atoms with Crippen LogP contribution in [0.4, 0.5) is 5.95 Å². The van der Waals surface area contributed by atoms with Crippen LogP contribution in [0.15, 0.2) is 29.3 Å². The molecule has 0 spiro atoms. The fraction of sp³-hybridized carbons (Fsp3) is 0.409. The summed E-state index contributed by atoms with van der Waals surface area (Å²) in [5, 5.41) is 6.41. The zero-order valence-corrected chi connectivity index (χ0v) is 18.2. The number of nitrogens with one attached hydrogen (secondary N) is 1. The molecule has 1 aromatic carbocycles. The minimum absolute atomic E-state index is 0.0760. The van der Waals surface area contributed by atoms with Gasteiger partial charge in [0.05, 0.1) is 15.9 Å². The predicted molar refractivity (Wildman–Crippen MR) is 123 cm³/mol. The molecule has 9 heteroatoms. The summed E-state index contributed by atoms with van der Waals surface area (Å²) in [7, 11) is 3.67. The number of benzene rings is 1. The van der Waals surface area contributed by atoms with E-state index in [-0.39, 0.29) is 11.6 Å². The summed E-state index contributed by atoms with van der Waals surface area (Å²) in [4.78, 5) is 24.0. The molecule has 31 heavy (non-hydrogen) atoms. The largest absolute Gasteiger partial charge is 0.345 e. The highest BCUT2D eigenvalue weighted by Crippen LogP contribution is 2.39. The maximum absolute atomic E-state index is 13.5. The summed E-state index contributed by atoms with van der Waals surface area (Å²) in [6.07, 6.45) is 7.81. The first kappa shape index (κ1) is 18.9. The average molecular weight is 438 g/mol. The molecule has 2 fully saturated rings. The number of hydrogen-bond acceptors (Lipinski definition) is 5. The number of fused-ring (bicyclic) bond motifs is 4. The van der Waals surface area contributed by atoms with Crippen molar-refractivity contribution in [1.29, 1.82) is 0 Å². The Kier molecular flexibility index (Phi) is 4.01. The molecule has 2 bridgehead atoms. The summed E-state index contributed by atoms with van der Waals surface area (Å²) in [5.41, 5.74) is 9.12. The third-order valence-corrected chi connectivity index (χ3v) is 7.33. The molecule has 160 valence electrons. The molecule has 0 radical (unpaired) electrons. The monoisotopic (exact) mass is 437 g/mol. The molecule has 2 saturated heterocycles. The summed E-state index contributed by atoms with van der Waals surface area (Å²) < 4.78 is 3.42. The van der Waals surface area contributed by atoms with Crippen LogP contribution in [0.3, 0.4) is 0 Å². The second-order valence-corrected chi connectivity index (χ2v) is 9.27. The Bertz CT molecular complexity index is 1390. The van der Waals surface area contributed by atoms with Crippen LogP contribution >= 0.6 is 11.6 Å². The predicted octanol–water partition coefficient (Wildman–Crippen LogP) is 2.93. The molecule has 4 aromatic rings. The maximum atomic E-state index is 13.5. The minimum Gasteiger partial charge on any atom is -0.345 e. The average Bonchev–Trinajstić information content (AvgIpc) is 3.39. The summed E-state index contributed by atoms with van der Waals surface area (Å²) in [5.74, 6) is 0.721. The standard InChI is InChI=1S/C22H24ClN7O/c1-28-10-16-17(27-28)6-5-14(19(16)23)15-9-25-20-18(15)21(31)29(2)22(26-20)30-12-3-4-13(30)8-11(24)7-12/h5-6,9-13,25H,3-4,7-8,24H2,1-2H3. The van der Waals surface area contributed by atoms with Crippen molar-refractivity contribution < 1.29 is 0 Å². The molecule has 5 heterocycles. The molecular formula is C22H24ClN7O. The van der Waals surface area contributed by atoms with Crippen LogP contribution in [0, 0.1) is 0 Å². The molecule has 3 N–H and O–H groups in total. The third kappa shape index (κ3) is 2.68. The molecule has 0 saturated carbocycles. The van der Waals surface area contributed by atoms with E-state index in [1.807, 2.05) is 31.6 Å². The van der Waals surface area contributed by atoms with E-state index >= 15 is 0 Å². The van der Waals surface area contributed by atoms with Gasteiger partial charge in [-0.15, -0.1) is 0 Å². The zero-order chi connectivity index (χ0) is 21.4. The first-order chi connectivity index (χ1) is 14.9. The van der Waals surface area contributed by atoms with Crippen LogP contribution in [0.1, 0.15) is 25.7 Å². The van der Waals surface area contributed by atoms with Crippen molar-refractivity contribution in [2.75, 3.05) is 4.90 Å². The van der Waals surface area contributed by atoms with Crippen molar-refractivity contribution in [3.63, 3.8) is 0 Å². The lowest BCUT2D eigenvalue weighted by Gasteiger charge is -2.38. The van der Waals surface area contributed by atoms with E-state index in [2.05, 4.69) is 15.0 Å². The number of piperidine rings is 1. The van der Waals surface area contributed by atoms with Crippen molar-refractivity contribution in [2.24, 2.45) is 19.8 Å². The topological polar surface area (TPSA) is 97.8 Å². The molecule has 2 unspecified atom stereocenters. The number of aromatic amines is 1. The number of nitrogens with zero attached hydrogens (tertiary/aromatic N) is 5. The van der Waals surface area contributed by atoms with Crippen molar-refractivity contribution in [3.05, 3.63) is 39.9 Å². The third-order valence-electron chi connectivity index (χ3n) is 6.92. The lowest BCUT2D eigenvalue weighted by molar-refractivity contribution is 0.405. The molecule has 2 aliphatic rings. The molecule has 8 nitrogen and oxygen atoms in total. The van der Waals surface area contributed by atoms with Crippen LogP contribution in [-0.2, 0) is 14.1 Å². The van der Waals surface area contributed by atoms with E-state index in [0.717, 1.165) is 53.7 Å². The van der Waals surface area contributed by atoms with Gasteiger partial charge in [0.2, 0.25) is 5.95 Å². The van der Waals surface area contributed by atoms with Gasteiger partial charge in [-0.25, -0.2) is 0 Å². The Morgan fingerprint density at radius 1 is 1.16 bits per heavy atom. The molecule has 6 rings (SSSR count). The fourth-order valence-electron chi connectivity index (χ4n) is 5.53. The highest BCUT2D eigenvalue weighted by atomic mass is 35.5. The lowest BCUT2D eigenvalue weighted by atomic mass is 9.98. The number of aryl methyl sites for hydroxylation is 1. The first-order valence-corrected chi connectivity index (χ1v) is 11.0. The Morgan fingerprint density at radius 2 is 1.90 bits per heavy atom. The maximum Gasteiger partial charge on any atom is 0.264 e. The molecule has 2 atom stereocenters. The van der Waals surface area contributed by atoms with Crippen LogP contribution < -0.4 is 16.2 Å². The highest BCUT2D eigenvalue weighted by molar-refractivity contribution is 6.38. The lowest BCUT2D eigenvalue weighted by Crippen LogP contribution is -2.49. The quantitative estimate of drug-likeness (QED) is 0.502. The van der Waals surface area contributed by atoms with Crippen LogP contribution in [-0.4, -0.2) is 42.4 Å². The van der Waals surface area contributed by atoms with Gasteiger partial charge in [-0.05, 0) is 31.7 Å². The zero-order valence-electron chi connectivity index (χ0n) is 17.5. The number of H-pyrrole nitrogens is 1. The second-order valence-electron chi connectivity index (χ2n) is 8.89. The molecule has 3 aromatic heterocycles. The highest BCUT2D eigenvalue weighted by Gasteiger charge is 2.41. The van der Waals surface area contributed by atoms with Crippen LogP contribution in [0.5, 0.6) is 0 Å². The molecule has 0 aliphatic carbocycles. The molecule has 2 aliphatic heterocycles. The van der Waals surface area contributed by atoms with Crippen molar-refractivity contribution >= 4 is 39.5 Å². The van der Waals surface area contributed by atoms with E-state index in [4.69, 9.17) is 22.3 Å². The van der Waals surface area contributed by atoms with Crippen LogP contribution in [0.25, 0.3) is 33.1 Å². The second kappa shape index (κ2) is 6.58. The first-order valence-electron chi connectivity index (χ1n) is 10.7. The molecule has 0 amide bonds. The van der Waals surface area contributed by atoms with E-state index in [1.165, 1.54) is 0 Å². The number of rotatable bonds is 2. The number of nitrogens with two attached hydrogens (primary N) is 1. The van der Waals surface area contributed by atoms with E-state index in [9.17, 15) is 4.79 Å². The van der Waals surface area contributed by atoms with Crippen molar-refractivity contribution in [1.82, 2.24) is 24.3 Å². The van der Waals surface area contributed by atoms with Gasteiger partial charge in [-0.1, -0.05) is 17.7 Å². The van der Waals surface area contributed by atoms with Crippen LogP contribution in [0.2, 0.25) is 5.02 Å². The van der Waals surface area contributed by atoms with E-state index in [1.54, 1.807) is 16.3 Å². The Balaban J connectivity index is 1.52. The number of hydrogen-bond donors (Lipinski definition) is 2. The van der Waals surface area contributed by atoms with Gasteiger partial charge in [0.25, 0.3) is 5.56 Å². The Morgan fingerprint density at radius 3 is 2.65 bits per heavy atom. The fourth-order valence-corrected chi connectivity index (χ4v) is 5.84. The Labute approximate surface area is 183 Å². The van der Waals surface area contributed by atoms with Gasteiger partial charge in [0, 0.05) is 61.1 Å². The summed E-state index contributed by atoms with van der Waals surface area (Å²) in [6, 6.07) is 4.77. The van der Waals surface area contributed by atoms with Gasteiger partial charge in [0.1, 0.15) is 5.65 Å². The normalized spacial score (nSPS) is 23.4. The summed E-state index contributed by atoms with van der Waals surface area (Å²) in [6.45, 7) is 0. The van der Waals surface area contributed by atoms with Gasteiger partial charge in [0.15, 0.2) is 0 Å².